The van der Waals surface area contributed by atoms with Gasteiger partial charge >= 0.3 is 17.1 Å². The summed E-state index contributed by atoms with van der Waals surface area (Å²) in [5, 5.41) is 0. The Labute approximate surface area is 693 Å². The van der Waals surface area contributed by atoms with Gasteiger partial charge in [-0.05, 0) is 121 Å². The van der Waals surface area contributed by atoms with E-state index in [9.17, 15) is 0 Å². The zero-order chi connectivity index (χ0) is 87.7. The lowest BCUT2D eigenvalue weighted by molar-refractivity contribution is 0.369. The molecule has 0 radical (unpaired) electrons. The molecule has 0 aromatic heterocycles. The molecule has 0 saturated carbocycles. The Bertz CT molecular complexity index is 2270. The first-order valence-corrected chi connectivity index (χ1v) is 133. The van der Waals surface area contributed by atoms with Crippen molar-refractivity contribution < 1.29 is 16.5 Å². The fourth-order valence-corrected chi connectivity index (χ4v) is 605. The molecule has 105 heavy (non-hydrogen) atoms. The first-order valence-electron chi connectivity index (χ1n) is 43.2. The molecule has 0 amide bonds. The van der Waals surface area contributed by atoms with Gasteiger partial charge in [-0.3, -0.25) is 0 Å². The van der Waals surface area contributed by atoms with Crippen LogP contribution in [-0.2, 0) is 16.5 Å². The summed E-state index contributed by atoms with van der Waals surface area (Å²) in [4.78, 5) is 0. The molecule has 0 aliphatic carbocycles. The van der Waals surface area contributed by atoms with Gasteiger partial charge in [0.05, 0.1) is 0 Å². The predicted octanol–water partition coefficient (Wildman–Crippen LogP) is 31.7. The average molecular weight is 1880 g/mol. The summed E-state index contributed by atoms with van der Waals surface area (Å²) in [6.07, 6.45) is 0.631. The van der Waals surface area contributed by atoms with Crippen molar-refractivity contribution in [1.82, 2.24) is 0 Å². The van der Waals surface area contributed by atoms with Crippen LogP contribution in [0, 0.1) is 23.2 Å². The molecule has 0 heterocycles. The molecule has 0 saturated heterocycles. The fourth-order valence-electron chi connectivity index (χ4n) is 29.5. The Hall–Kier alpha value is 5.05. The zero-order valence-electron chi connectivity index (χ0n) is 86.5. The quantitative estimate of drug-likeness (QED) is 0.0614. The maximum atomic E-state index is 6.47. The van der Waals surface area contributed by atoms with Crippen LogP contribution in [0.25, 0.3) is 0 Å². The summed E-state index contributed by atoms with van der Waals surface area (Å²) >= 11 is 0. The summed E-state index contributed by atoms with van der Waals surface area (Å²) in [6, 6.07) is 8.73. The van der Waals surface area contributed by atoms with Crippen LogP contribution >= 0.6 is 0 Å². The molecule has 0 aliphatic heterocycles. The molecule has 0 N–H and O–H groups in total. The summed E-state index contributed by atoms with van der Waals surface area (Å²) in [5.41, 5.74) is 0.347. The van der Waals surface area contributed by atoms with Gasteiger partial charge in [-0.15, -0.1) is 0 Å². The SMILES string of the molecule is CC(C)(C)C[Si](C)(C)O[Si](C)(C)O[Si](C)(C)C.CC(C)C[Si](C)(C)[Si]([Si](C)(C)C)([Si](C)(C)C)[Si](C)(C)C.CC(C)C[Si](C)(O[Si](C)(C)C)O[Si](C)(C)C.CC(C)C[Si]([Si](C)(C)C)([Si](C)(C)C)[Si](C)(C)C.CCC[Si](C)(C)[Si]([Si](C)(C)C)([Si](C)(C)C)[Si](C)(C)C.CCC[Si]([Si](C)(C)C)([Si](C)(C)C)[Si](C)(C)C. The van der Waals surface area contributed by atoms with E-state index in [0.29, 0.717) is 11.3 Å². The highest BCUT2D eigenvalue weighted by molar-refractivity contribution is 8.07. The van der Waals surface area contributed by atoms with Gasteiger partial charge in [0.2, 0.25) is 0 Å². The Balaban J connectivity index is -0.000000281. The third kappa shape index (κ3) is 36.9. The van der Waals surface area contributed by atoms with Crippen molar-refractivity contribution in [3.63, 3.8) is 0 Å². The van der Waals surface area contributed by atoms with Crippen LogP contribution in [0.4, 0.5) is 0 Å². The van der Waals surface area contributed by atoms with E-state index in [1.807, 2.05) is 0 Å². The van der Waals surface area contributed by atoms with Gasteiger partial charge < -0.3 is 16.5 Å². The maximum absolute atomic E-state index is 6.47. The molecule has 28 heteroatoms. The first-order chi connectivity index (χ1) is 44.4. The first kappa shape index (κ1) is 121. The lowest BCUT2D eigenvalue weighted by Crippen LogP contribution is -2.92. The minimum absolute atomic E-state index is 0.347. The number of hydrogen-bond donors (Lipinski definition) is 0. The molecule has 4 nitrogen and oxygen atoms in total. The highest BCUT2D eigenvalue weighted by atomic mass is 30.2. The summed E-state index contributed by atoms with van der Waals surface area (Å²) < 4.78 is 25.5. The van der Waals surface area contributed by atoms with Gasteiger partial charge in [0.1, 0.15) is 0 Å². The van der Waals surface area contributed by atoms with E-state index in [2.05, 4.69) is 430 Å². The van der Waals surface area contributed by atoms with Crippen LogP contribution in [-0.4, -0.2) is 182 Å². The van der Waals surface area contributed by atoms with Crippen LogP contribution in [0.2, 0.25) is 390 Å². The maximum Gasteiger partial charge on any atom is 0.314 e. The third-order valence-corrected chi connectivity index (χ3v) is 426. The van der Waals surface area contributed by atoms with E-state index in [-0.39, 0.29) is 0 Å². The molecule has 0 fully saturated rings. The highest BCUT2D eigenvalue weighted by Gasteiger charge is 2.70. The molecular formula is C77H214O4Si24. The lowest BCUT2D eigenvalue weighted by Gasteiger charge is -2.65. The molecule has 0 rings (SSSR count). The minimum atomic E-state index is -1.96. The van der Waals surface area contributed by atoms with E-state index >= 15 is 0 Å². The number of rotatable bonds is 33. The average Bonchev–Trinajstić information content (AvgIpc) is 0.705. The van der Waals surface area contributed by atoms with E-state index in [0.717, 1.165) is 17.9 Å². The fraction of sp³-hybridized carbons (Fsp3) is 1.00. The zero-order valence-corrected chi connectivity index (χ0v) is 111. The molecule has 0 atom stereocenters. The Morgan fingerprint density at radius 2 is 0.457 bits per heavy atom. The standard InChI is InChI=1S/C15H42Si5.C14H40Si5.C13H36Si4.C12H32O2Si3.C12H34Si4.C11H30O2Si3/c1-15(2)14-19(12,13)20(16(3,4)5,17(6,7)8)18(9,10)11;1-13-14-18(11,12)19(15(2,3)4,16(5,6)7)17(8,9)10;1-13(2)12-17(14(3,4)5,15(6,7)8)16(9,10)11;1-12(2,3)11-16(7,8)14-17(9,10)13-15(4,5)6;1-11-12-16(13(2,3)4,14(5,6)7)15(8,9)10;1-11(2)10-16(9,12-14(3,4)5)13-15(6,7)8/h15H,14H2,1-13H3;13-14H2,1-12H3;13H,12H2,1-11H3;11H2,1-10H3;11-12H2,1-10H3;11H,10H2,1-9H3. The molecule has 0 aromatic carbocycles. The van der Waals surface area contributed by atoms with Gasteiger partial charge in [-0.25, -0.2) is 0 Å². The Kier molecular flexibility index (Phi) is 47.3. The summed E-state index contributed by atoms with van der Waals surface area (Å²) in [5.74, 6) is 2.46. The van der Waals surface area contributed by atoms with E-state index in [4.69, 9.17) is 16.5 Å². The second-order valence-corrected chi connectivity index (χ2v) is 272. The van der Waals surface area contributed by atoms with E-state index in [1.165, 1.54) is 18.9 Å². The smallest absolute Gasteiger partial charge is 0.314 e. The van der Waals surface area contributed by atoms with Gasteiger partial charge in [0, 0.05) is 132 Å². The molecule has 0 bridgehead atoms. The van der Waals surface area contributed by atoms with Gasteiger partial charge in [0.25, 0.3) is 0 Å². The molecular weight excluding hydrogens is 1660 g/mol. The van der Waals surface area contributed by atoms with Gasteiger partial charge in [-0.1, -0.05) is 381 Å². The Morgan fingerprint density at radius 3 is 0.610 bits per heavy atom. The van der Waals surface area contributed by atoms with Gasteiger partial charge in [-0.2, -0.15) is 0 Å². The van der Waals surface area contributed by atoms with Crippen LogP contribution < -0.4 is 0 Å². The van der Waals surface area contributed by atoms with Crippen LogP contribution in [0.15, 0.2) is 0 Å². The minimum Gasteiger partial charge on any atom is -0.437 e. The molecule has 0 aromatic rings. The second-order valence-electron chi connectivity index (χ2n) is 54.1. The predicted molar refractivity (Wildman–Crippen MR) is 572 cm³/mol. The Morgan fingerprint density at radius 1 is 0.238 bits per heavy atom. The molecule has 0 unspecified atom stereocenters. The van der Waals surface area contributed by atoms with E-state index in [1.54, 1.807) is 24.2 Å². The topological polar surface area (TPSA) is 36.9 Å². The van der Waals surface area contributed by atoms with Crippen molar-refractivity contribution in [2.24, 2.45) is 23.2 Å². The van der Waals surface area contributed by atoms with Gasteiger partial charge in [0.15, 0.2) is 33.3 Å². The summed E-state index contributed by atoms with van der Waals surface area (Å²) in [7, 11) is -24.6. The van der Waals surface area contributed by atoms with Crippen molar-refractivity contribution in [1.29, 1.82) is 0 Å². The number of hydrogen-bond acceptors (Lipinski definition) is 4. The third-order valence-electron chi connectivity index (χ3n) is 23.4. The van der Waals surface area contributed by atoms with E-state index < -0.39 is 182 Å². The molecule has 642 valence electrons. The normalized spacial score (nSPS) is 15.4. The van der Waals surface area contributed by atoms with Crippen LogP contribution in [0.5, 0.6) is 0 Å². The lowest BCUT2D eigenvalue weighted by atomic mass is 10.0. The van der Waals surface area contributed by atoms with Crippen molar-refractivity contribution in [3.8, 4) is 0 Å². The second kappa shape index (κ2) is 41.1. The molecule has 0 aliphatic rings. The van der Waals surface area contributed by atoms with Crippen molar-refractivity contribution >= 4 is 182 Å². The monoisotopic (exact) mass is 1880 g/mol. The summed E-state index contributed by atoms with van der Waals surface area (Å²) in [6.45, 7) is 165. The molecule has 0 spiro atoms. The van der Waals surface area contributed by atoms with Crippen LogP contribution in [0.3, 0.4) is 0 Å². The highest BCUT2D eigenvalue weighted by Crippen LogP contribution is 2.49. The van der Waals surface area contributed by atoms with Crippen LogP contribution in [0.1, 0.15) is 89.0 Å². The van der Waals surface area contributed by atoms with Crippen molar-refractivity contribution in [3.05, 3.63) is 0 Å². The van der Waals surface area contributed by atoms with Crippen molar-refractivity contribution in [2.75, 3.05) is 0 Å². The largest absolute Gasteiger partial charge is 0.437 e. The van der Waals surface area contributed by atoms with Crippen molar-refractivity contribution in [2.45, 2.75) is 479 Å².